The summed E-state index contributed by atoms with van der Waals surface area (Å²) >= 11 is 0. The minimum atomic E-state index is -0.0530. The van der Waals surface area contributed by atoms with Crippen LogP contribution in [0.2, 0.25) is 0 Å². The maximum atomic E-state index is 12.2. The van der Waals surface area contributed by atoms with Gasteiger partial charge in [-0.3, -0.25) is 4.79 Å². The molecule has 0 aliphatic rings. The second-order valence-electron chi connectivity index (χ2n) is 6.36. The quantitative estimate of drug-likeness (QED) is 0.720. The zero-order valence-corrected chi connectivity index (χ0v) is 15.0. The van der Waals surface area contributed by atoms with E-state index in [1.54, 1.807) is 18.3 Å². The number of amides is 1. The van der Waals surface area contributed by atoms with E-state index in [0.717, 1.165) is 18.5 Å². The van der Waals surface area contributed by atoms with E-state index in [1.165, 1.54) is 11.1 Å². The summed E-state index contributed by atoms with van der Waals surface area (Å²) in [5, 5.41) is 6.33. The fourth-order valence-corrected chi connectivity index (χ4v) is 2.59. The van der Waals surface area contributed by atoms with Gasteiger partial charge >= 0.3 is 0 Å². The van der Waals surface area contributed by atoms with E-state index in [9.17, 15) is 4.79 Å². The average molecular weight is 325 g/mol. The number of unbranched alkanes of at least 4 members (excludes halogenated alkanes) is 1. The summed E-state index contributed by atoms with van der Waals surface area (Å²) in [4.78, 5) is 16.6. The highest BCUT2D eigenvalue weighted by Gasteiger charge is 2.11. The first-order chi connectivity index (χ1) is 11.5. The molecule has 1 aromatic carbocycles. The number of anilines is 2. The minimum Gasteiger partial charge on any atom is -0.352 e. The fraction of sp³-hybridized carbons (Fsp3) is 0.400. The molecule has 0 atom stereocenters. The van der Waals surface area contributed by atoms with Crippen LogP contribution in [0.4, 0.5) is 11.5 Å². The Balaban J connectivity index is 2.20. The summed E-state index contributed by atoms with van der Waals surface area (Å²) in [5.74, 6) is 1.05. The third-order valence-electron chi connectivity index (χ3n) is 4.02. The van der Waals surface area contributed by atoms with Crippen LogP contribution >= 0.6 is 0 Å². The zero-order chi connectivity index (χ0) is 17.5. The molecule has 0 radical (unpaired) electrons. The second kappa shape index (κ2) is 8.48. The number of nitrogens with one attached hydrogen (secondary N) is 2. The van der Waals surface area contributed by atoms with Gasteiger partial charge in [0.05, 0.1) is 0 Å². The summed E-state index contributed by atoms with van der Waals surface area (Å²) < 4.78 is 0. The van der Waals surface area contributed by atoms with Gasteiger partial charge in [-0.2, -0.15) is 0 Å². The van der Waals surface area contributed by atoms with Crippen molar-refractivity contribution in [1.29, 1.82) is 0 Å². The Labute approximate surface area is 144 Å². The lowest BCUT2D eigenvalue weighted by molar-refractivity contribution is 0.0953. The van der Waals surface area contributed by atoms with Crippen molar-refractivity contribution in [2.75, 3.05) is 11.9 Å². The molecular weight excluding hydrogens is 298 g/mol. The van der Waals surface area contributed by atoms with Crippen molar-refractivity contribution in [3.8, 4) is 0 Å². The Bertz CT molecular complexity index is 695. The first-order valence-electron chi connectivity index (χ1n) is 8.63. The Hall–Kier alpha value is -2.36. The van der Waals surface area contributed by atoms with Crippen LogP contribution in [0.25, 0.3) is 0 Å². The van der Waals surface area contributed by atoms with E-state index in [1.807, 2.05) is 0 Å². The van der Waals surface area contributed by atoms with Gasteiger partial charge in [-0.25, -0.2) is 4.98 Å². The number of benzene rings is 1. The summed E-state index contributed by atoms with van der Waals surface area (Å²) in [5.41, 5.74) is 4.11. The van der Waals surface area contributed by atoms with Crippen molar-refractivity contribution in [3.05, 3.63) is 53.2 Å². The summed E-state index contributed by atoms with van der Waals surface area (Å²) in [6.07, 6.45) is 3.72. The number of para-hydroxylation sites is 1. The normalized spacial score (nSPS) is 10.7. The number of rotatable bonds is 7. The molecule has 2 aromatic rings. The molecule has 0 saturated carbocycles. The molecule has 128 valence electrons. The third kappa shape index (κ3) is 4.57. The van der Waals surface area contributed by atoms with Crippen molar-refractivity contribution < 1.29 is 4.79 Å². The van der Waals surface area contributed by atoms with Gasteiger partial charge in [-0.05, 0) is 42.5 Å². The molecule has 0 fully saturated rings. The van der Waals surface area contributed by atoms with E-state index in [-0.39, 0.29) is 5.91 Å². The van der Waals surface area contributed by atoms with Gasteiger partial charge in [-0.15, -0.1) is 0 Å². The van der Waals surface area contributed by atoms with Gasteiger partial charge in [0.2, 0.25) is 0 Å². The number of hydrogen-bond acceptors (Lipinski definition) is 3. The lowest BCUT2D eigenvalue weighted by Gasteiger charge is -2.17. The van der Waals surface area contributed by atoms with E-state index in [4.69, 9.17) is 0 Å². The monoisotopic (exact) mass is 325 g/mol. The third-order valence-corrected chi connectivity index (χ3v) is 4.02. The van der Waals surface area contributed by atoms with Crippen LogP contribution in [0.15, 0.2) is 36.5 Å². The molecule has 2 N–H and O–H groups in total. The predicted molar refractivity (Wildman–Crippen MR) is 100 cm³/mol. The first-order valence-corrected chi connectivity index (χ1v) is 8.63. The highest BCUT2D eigenvalue weighted by Crippen LogP contribution is 2.29. The van der Waals surface area contributed by atoms with Crippen LogP contribution < -0.4 is 10.6 Å². The lowest BCUT2D eigenvalue weighted by atomic mass is 9.98. The number of nitrogens with zero attached hydrogens (tertiary/aromatic N) is 1. The number of carbonyl (C=O) groups excluding carboxylic acids is 1. The molecule has 1 heterocycles. The maximum absolute atomic E-state index is 12.2. The van der Waals surface area contributed by atoms with Gasteiger partial charge in [0.1, 0.15) is 5.82 Å². The highest BCUT2D eigenvalue weighted by molar-refractivity contribution is 5.94. The molecule has 0 bridgehead atoms. The van der Waals surface area contributed by atoms with Crippen LogP contribution in [0, 0.1) is 6.92 Å². The molecule has 4 nitrogen and oxygen atoms in total. The predicted octanol–water partition coefficient (Wildman–Crippen LogP) is 4.79. The Morgan fingerprint density at radius 2 is 2.04 bits per heavy atom. The largest absolute Gasteiger partial charge is 0.352 e. The van der Waals surface area contributed by atoms with Gasteiger partial charge in [0, 0.05) is 24.0 Å². The molecule has 0 aliphatic carbocycles. The second-order valence-corrected chi connectivity index (χ2v) is 6.36. The molecule has 2 rings (SSSR count). The molecule has 1 amide bonds. The maximum Gasteiger partial charge on any atom is 0.251 e. The first kappa shape index (κ1) is 18.0. The van der Waals surface area contributed by atoms with Gasteiger partial charge < -0.3 is 10.6 Å². The van der Waals surface area contributed by atoms with Crippen LogP contribution in [-0.2, 0) is 0 Å². The minimum absolute atomic E-state index is 0.0530. The molecule has 0 unspecified atom stereocenters. The molecule has 0 aliphatic heterocycles. The summed E-state index contributed by atoms with van der Waals surface area (Å²) in [6, 6.07) is 9.82. The number of aryl methyl sites for hydroxylation is 1. The number of carbonyl (C=O) groups is 1. The van der Waals surface area contributed by atoms with Crippen molar-refractivity contribution in [2.24, 2.45) is 0 Å². The van der Waals surface area contributed by atoms with Crippen LogP contribution in [0.5, 0.6) is 0 Å². The Kier molecular flexibility index (Phi) is 6.36. The lowest BCUT2D eigenvalue weighted by Crippen LogP contribution is -2.24. The van der Waals surface area contributed by atoms with Crippen molar-refractivity contribution >= 4 is 17.4 Å². The average Bonchev–Trinajstić information content (AvgIpc) is 2.57. The number of aromatic nitrogens is 1. The molecule has 0 saturated heterocycles. The smallest absolute Gasteiger partial charge is 0.251 e. The molecule has 1 aromatic heterocycles. The molecule has 0 spiro atoms. The Morgan fingerprint density at radius 3 is 2.75 bits per heavy atom. The van der Waals surface area contributed by atoms with E-state index >= 15 is 0 Å². The SMILES string of the molecule is CCCCNC(=O)c1ccnc(Nc2c(C)cccc2C(C)C)c1. The van der Waals surface area contributed by atoms with E-state index in [2.05, 4.69) is 61.5 Å². The van der Waals surface area contributed by atoms with Crippen molar-refractivity contribution in [3.63, 3.8) is 0 Å². The number of hydrogen-bond donors (Lipinski definition) is 2. The van der Waals surface area contributed by atoms with Gasteiger partial charge in [-0.1, -0.05) is 45.4 Å². The van der Waals surface area contributed by atoms with Crippen LogP contribution in [0.1, 0.15) is 61.0 Å². The summed E-state index contributed by atoms with van der Waals surface area (Å²) in [6.45, 7) is 9.23. The highest BCUT2D eigenvalue weighted by atomic mass is 16.1. The van der Waals surface area contributed by atoms with E-state index in [0.29, 0.717) is 23.8 Å². The zero-order valence-electron chi connectivity index (χ0n) is 15.0. The Morgan fingerprint density at radius 1 is 1.25 bits per heavy atom. The van der Waals surface area contributed by atoms with Crippen molar-refractivity contribution in [1.82, 2.24) is 10.3 Å². The molecule has 24 heavy (non-hydrogen) atoms. The van der Waals surface area contributed by atoms with Crippen LogP contribution in [0.3, 0.4) is 0 Å². The van der Waals surface area contributed by atoms with Crippen molar-refractivity contribution in [2.45, 2.75) is 46.5 Å². The standard InChI is InChI=1S/C20H27N3O/c1-5-6-11-22-20(24)16-10-12-21-18(13-16)23-19-15(4)8-7-9-17(19)14(2)3/h7-10,12-14H,5-6,11H2,1-4H3,(H,21,23)(H,22,24). The van der Waals surface area contributed by atoms with Gasteiger partial charge in [0.15, 0.2) is 0 Å². The number of pyridine rings is 1. The van der Waals surface area contributed by atoms with Crippen LogP contribution in [-0.4, -0.2) is 17.4 Å². The van der Waals surface area contributed by atoms with Gasteiger partial charge in [0.25, 0.3) is 5.91 Å². The summed E-state index contributed by atoms with van der Waals surface area (Å²) in [7, 11) is 0. The molecular formula is C20H27N3O. The molecule has 4 heteroatoms. The fourth-order valence-electron chi connectivity index (χ4n) is 2.59. The van der Waals surface area contributed by atoms with E-state index < -0.39 is 0 Å². The topological polar surface area (TPSA) is 54.0 Å².